The van der Waals surface area contributed by atoms with Crippen molar-refractivity contribution in [3.63, 3.8) is 0 Å². The fourth-order valence-corrected chi connectivity index (χ4v) is 10.3. The molecule has 1 N–H and O–H groups in total. The fourth-order valence-electron chi connectivity index (χ4n) is 10.3. The second kappa shape index (κ2) is 9.91. The number of aliphatic hydroxyl groups is 1. The molecular formula is C32H48N2O6. The number of carbonyl (C=O) groups is 2. The lowest BCUT2D eigenvalue weighted by Crippen LogP contribution is -2.54. The standard InChI is InChI=1S/C32H48N2O6/c1-18-7-10-32(39-16-18)19(2)29-28(40-32)12-26-24(15-35)25(8-9-30(26,29)5)31(6)13-22-14-33-34(20(3)36)27(22)11-23(31)17-38-21(4)37/h14,18-19,23-26,28-29,35H,7-13,15-17H2,1-6H3/t18-,19+,23-,24-,25+,26+,28+,29+,30+,31+,32-/m1/s1. The minimum Gasteiger partial charge on any atom is -0.466 e. The van der Waals surface area contributed by atoms with E-state index in [-0.39, 0.29) is 53.2 Å². The summed E-state index contributed by atoms with van der Waals surface area (Å²) >= 11 is 0. The van der Waals surface area contributed by atoms with Crippen LogP contribution in [0.1, 0.15) is 89.7 Å². The van der Waals surface area contributed by atoms with Crippen molar-refractivity contribution in [1.82, 2.24) is 9.78 Å². The number of hydrogen-bond acceptors (Lipinski definition) is 7. The maximum atomic E-state index is 12.3. The number of esters is 1. The maximum absolute atomic E-state index is 12.3. The number of rotatable bonds is 4. The van der Waals surface area contributed by atoms with Crippen molar-refractivity contribution in [3.05, 3.63) is 17.5 Å². The number of ether oxygens (including phenoxy) is 3. The molecule has 1 spiro atoms. The fraction of sp³-hybridized carbons (Fsp3) is 0.844. The summed E-state index contributed by atoms with van der Waals surface area (Å²) in [7, 11) is 0. The quantitative estimate of drug-likeness (QED) is 0.538. The topological polar surface area (TPSA) is 99.9 Å². The van der Waals surface area contributed by atoms with Crippen LogP contribution < -0.4 is 0 Å². The first-order valence-electron chi connectivity index (χ1n) is 15.6. The molecule has 3 heterocycles. The van der Waals surface area contributed by atoms with E-state index in [2.05, 4.69) is 32.8 Å². The molecule has 1 aromatic rings. The molecule has 6 rings (SSSR count). The van der Waals surface area contributed by atoms with E-state index >= 15 is 0 Å². The van der Waals surface area contributed by atoms with E-state index in [4.69, 9.17) is 14.2 Å². The summed E-state index contributed by atoms with van der Waals surface area (Å²) in [5.41, 5.74) is 1.93. The van der Waals surface area contributed by atoms with Gasteiger partial charge in [0, 0.05) is 38.7 Å². The third-order valence-electron chi connectivity index (χ3n) is 12.4. The van der Waals surface area contributed by atoms with E-state index in [0.717, 1.165) is 56.4 Å². The summed E-state index contributed by atoms with van der Waals surface area (Å²) in [5, 5.41) is 15.4. The lowest BCUT2D eigenvalue weighted by atomic mass is 9.48. The first-order valence-corrected chi connectivity index (χ1v) is 15.6. The zero-order valence-electron chi connectivity index (χ0n) is 25.2. The van der Waals surface area contributed by atoms with Crippen molar-refractivity contribution in [2.24, 2.45) is 52.3 Å². The van der Waals surface area contributed by atoms with Gasteiger partial charge in [0.05, 0.1) is 31.2 Å². The Hall–Kier alpha value is -1.77. The predicted octanol–water partition coefficient (Wildman–Crippen LogP) is 4.67. The lowest BCUT2D eigenvalue weighted by Gasteiger charge is -2.57. The normalized spacial score (nSPS) is 46.1. The van der Waals surface area contributed by atoms with Gasteiger partial charge in [-0.2, -0.15) is 5.10 Å². The average Bonchev–Trinajstić information content (AvgIpc) is 3.53. The van der Waals surface area contributed by atoms with E-state index in [1.165, 1.54) is 18.5 Å². The lowest BCUT2D eigenvalue weighted by molar-refractivity contribution is -0.272. The molecule has 8 nitrogen and oxygen atoms in total. The molecule has 2 aliphatic heterocycles. The van der Waals surface area contributed by atoms with Crippen LogP contribution >= 0.6 is 0 Å². The molecule has 3 aliphatic carbocycles. The van der Waals surface area contributed by atoms with Crippen LogP contribution in [0.15, 0.2) is 6.20 Å². The zero-order valence-corrected chi connectivity index (χ0v) is 25.2. The van der Waals surface area contributed by atoms with Gasteiger partial charge in [-0.3, -0.25) is 9.59 Å². The van der Waals surface area contributed by atoms with E-state index in [0.29, 0.717) is 36.7 Å². The van der Waals surface area contributed by atoms with E-state index in [1.54, 1.807) is 0 Å². The van der Waals surface area contributed by atoms with Crippen molar-refractivity contribution in [1.29, 1.82) is 0 Å². The van der Waals surface area contributed by atoms with Crippen molar-refractivity contribution < 1.29 is 28.9 Å². The van der Waals surface area contributed by atoms with Crippen LogP contribution in [0.3, 0.4) is 0 Å². The van der Waals surface area contributed by atoms with Crippen LogP contribution in [0.4, 0.5) is 0 Å². The average molecular weight is 557 g/mol. The highest BCUT2D eigenvalue weighted by Crippen LogP contribution is 2.69. The monoisotopic (exact) mass is 556 g/mol. The van der Waals surface area contributed by atoms with Gasteiger partial charge < -0.3 is 19.3 Å². The predicted molar refractivity (Wildman–Crippen MR) is 148 cm³/mol. The van der Waals surface area contributed by atoms with Crippen molar-refractivity contribution in [2.75, 3.05) is 19.8 Å². The Morgan fingerprint density at radius 2 is 1.93 bits per heavy atom. The largest absolute Gasteiger partial charge is 0.466 e. The van der Waals surface area contributed by atoms with Crippen LogP contribution in [-0.4, -0.2) is 58.5 Å². The first kappa shape index (κ1) is 28.4. The summed E-state index contributed by atoms with van der Waals surface area (Å²) in [6, 6.07) is 0. The minimum absolute atomic E-state index is 0.0408. The second-order valence-corrected chi connectivity index (χ2v) is 14.5. The van der Waals surface area contributed by atoms with Gasteiger partial charge in [0.25, 0.3) is 0 Å². The van der Waals surface area contributed by atoms with Crippen LogP contribution in [0.2, 0.25) is 0 Å². The van der Waals surface area contributed by atoms with Gasteiger partial charge in [-0.1, -0.05) is 27.7 Å². The number of hydrogen-bond donors (Lipinski definition) is 1. The number of nitrogens with zero attached hydrogens (tertiary/aromatic N) is 2. The Balaban J connectivity index is 1.30. The SMILES string of the molecule is CC(=O)OC[C@H]1Cc2c(cnn2C(C)=O)C[C@]1(C)[C@H]1CC[C@]2(C)[C@@H]3[C@H](C[C@H]2[C@@H]1CO)O[C@]1(CC[C@@H](C)CO1)[C@H]3C. The number of carbonyl (C=O) groups excluding carboxylic acids is 2. The van der Waals surface area contributed by atoms with Gasteiger partial charge in [0.15, 0.2) is 5.79 Å². The van der Waals surface area contributed by atoms with Crippen LogP contribution in [0, 0.1) is 52.3 Å². The smallest absolute Gasteiger partial charge is 0.302 e. The van der Waals surface area contributed by atoms with Gasteiger partial charge >= 0.3 is 5.97 Å². The van der Waals surface area contributed by atoms with E-state index in [9.17, 15) is 14.7 Å². The molecule has 8 heteroatoms. The summed E-state index contributed by atoms with van der Waals surface area (Å²) in [4.78, 5) is 24.2. The van der Waals surface area contributed by atoms with Crippen LogP contribution in [0.5, 0.6) is 0 Å². The summed E-state index contributed by atoms with van der Waals surface area (Å²) in [6.07, 6.45) is 8.61. The molecular weight excluding hydrogens is 508 g/mol. The molecule has 0 unspecified atom stereocenters. The Morgan fingerprint density at radius 3 is 2.58 bits per heavy atom. The first-order chi connectivity index (χ1) is 18.9. The highest BCUT2D eigenvalue weighted by atomic mass is 16.7. The minimum atomic E-state index is -0.445. The number of aromatic nitrogens is 2. The molecule has 11 atom stereocenters. The molecule has 4 fully saturated rings. The molecule has 40 heavy (non-hydrogen) atoms. The van der Waals surface area contributed by atoms with Crippen LogP contribution in [-0.2, 0) is 31.8 Å². The zero-order chi connectivity index (χ0) is 28.6. The number of aliphatic hydroxyl groups excluding tert-OH is 1. The Kier molecular flexibility index (Phi) is 7.02. The molecule has 0 aromatic carbocycles. The molecule has 5 aliphatic rings. The second-order valence-electron chi connectivity index (χ2n) is 14.5. The van der Waals surface area contributed by atoms with Gasteiger partial charge in [-0.25, -0.2) is 4.68 Å². The summed E-state index contributed by atoms with van der Waals surface area (Å²) in [6.45, 7) is 13.6. The molecule has 0 bridgehead atoms. The highest BCUT2D eigenvalue weighted by Gasteiger charge is 2.68. The molecule has 222 valence electrons. The van der Waals surface area contributed by atoms with Gasteiger partial charge in [-0.15, -0.1) is 0 Å². The number of fused-ring (bicyclic) bond motifs is 4. The molecule has 0 radical (unpaired) electrons. The highest BCUT2D eigenvalue weighted by molar-refractivity contribution is 5.76. The van der Waals surface area contributed by atoms with Crippen LogP contribution in [0.25, 0.3) is 0 Å². The molecule has 0 amide bonds. The Labute approximate surface area is 238 Å². The van der Waals surface area contributed by atoms with Crippen molar-refractivity contribution in [3.8, 4) is 0 Å². The summed E-state index contributed by atoms with van der Waals surface area (Å²) in [5.74, 6) is 1.32. The molecule has 1 aromatic heterocycles. The van der Waals surface area contributed by atoms with Gasteiger partial charge in [0.1, 0.15) is 0 Å². The van der Waals surface area contributed by atoms with Crippen molar-refractivity contribution in [2.45, 2.75) is 98.4 Å². The summed E-state index contributed by atoms with van der Waals surface area (Å²) < 4.78 is 20.5. The van der Waals surface area contributed by atoms with Crippen molar-refractivity contribution >= 4 is 11.9 Å². The van der Waals surface area contributed by atoms with E-state index in [1.807, 2.05) is 6.20 Å². The Bertz CT molecular complexity index is 1160. The molecule has 2 saturated heterocycles. The van der Waals surface area contributed by atoms with E-state index < -0.39 is 5.79 Å². The third kappa shape index (κ3) is 4.14. The van der Waals surface area contributed by atoms with Gasteiger partial charge in [0.2, 0.25) is 5.91 Å². The van der Waals surface area contributed by atoms with Gasteiger partial charge in [-0.05, 0) is 84.5 Å². The molecule has 2 saturated carbocycles. The maximum Gasteiger partial charge on any atom is 0.302 e. The Morgan fingerprint density at radius 1 is 1.15 bits per heavy atom. The third-order valence-corrected chi connectivity index (χ3v) is 12.4.